The van der Waals surface area contributed by atoms with Crippen LogP contribution in [-0.2, 0) is 4.79 Å². The van der Waals surface area contributed by atoms with E-state index in [0.29, 0.717) is 12.2 Å². The fraction of sp³-hybridized carbons (Fsp3) is 0.333. The Morgan fingerprint density at radius 3 is 3.09 bits per heavy atom. The highest BCUT2D eigenvalue weighted by Gasteiger charge is 2.32. The molecule has 5 nitrogen and oxygen atoms in total. The monoisotopic (exact) mass is 153 g/mol. The van der Waals surface area contributed by atoms with Crippen LogP contribution in [0.2, 0.25) is 0 Å². The van der Waals surface area contributed by atoms with Gasteiger partial charge in [0, 0.05) is 18.4 Å². The zero-order chi connectivity index (χ0) is 7.84. The third kappa shape index (κ3) is 0.849. The van der Waals surface area contributed by atoms with Crippen molar-refractivity contribution in [3.05, 3.63) is 11.9 Å². The SMILES string of the molecule is O=C1NCC2C(=O)NC=C2N1. The van der Waals surface area contributed by atoms with Gasteiger partial charge in [-0.15, -0.1) is 0 Å². The van der Waals surface area contributed by atoms with Gasteiger partial charge >= 0.3 is 6.03 Å². The number of carbonyl (C=O) groups excluding carboxylic acids is 2. The average Bonchev–Trinajstić information content (AvgIpc) is 2.32. The first-order valence-electron chi connectivity index (χ1n) is 3.32. The maximum atomic E-state index is 11.0. The zero-order valence-electron chi connectivity index (χ0n) is 5.68. The number of rotatable bonds is 0. The Morgan fingerprint density at radius 2 is 2.27 bits per heavy atom. The van der Waals surface area contributed by atoms with Gasteiger partial charge in [-0.05, 0) is 0 Å². The van der Waals surface area contributed by atoms with Gasteiger partial charge in [0.05, 0.1) is 5.92 Å². The number of amides is 3. The van der Waals surface area contributed by atoms with Crippen molar-refractivity contribution in [1.82, 2.24) is 16.0 Å². The van der Waals surface area contributed by atoms with Crippen molar-refractivity contribution in [2.75, 3.05) is 6.54 Å². The summed E-state index contributed by atoms with van der Waals surface area (Å²) in [6.45, 7) is 0.392. The van der Waals surface area contributed by atoms with Gasteiger partial charge in [0.15, 0.2) is 0 Å². The summed E-state index contributed by atoms with van der Waals surface area (Å²) in [7, 11) is 0. The normalized spacial score (nSPS) is 28.0. The number of urea groups is 1. The summed E-state index contributed by atoms with van der Waals surface area (Å²) in [5.41, 5.74) is 0.666. The molecule has 0 bridgehead atoms. The highest BCUT2D eigenvalue weighted by atomic mass is 16.2. The van der Waals surface area contributed by atoms with Gasteiger partial charge in [0.2, 0.25) is 5.91 Å². The van der Waals surface area contributed by atoms with Crippen LogP contribution >= 0.6 is 0 Å². The van der Waals surface area contributed by atoms with Gasteiger partial charge in [-0.3, -0.25) is 4.79 Å². The highest BCUT2D eigenvalue weighted by Crippen LogP contribution is 2.14. The minimum Gasteiger partial charge on any atom is -0.337 e. The quantitative estimate of drug-likeness (QED) is 0.413. The highest BCUT2D eigenvalue weighted by molar-refractivity contribution is 5.90. The summed E-state index contributed by atoms with van der Waals surface area (Å²) >= 11 is 0. The summed E-state index contributed by atoms with van der Waals surface area (Å²) in [5.74, 6) is -0.278. The van der Waals surface area contributed by atoms with Crippen LogP contribution in [0.25, 0.3) is 0 Å². The van der Waals surface area contributed by atoms with Crippen molar-refractivity contribution < 1.29 is 9.59 Å². The summed E-state index contributed by atoms with van der Waals surface area (Å²) in [4.78, 5) is 21.7. The Kier molecular flexibility index (Phi) is 1.12. The van der Waals surface area contributed by atoms with Crippen LogP contribution in [0.4, 0.5) is 4.79 Å². The van der Waals surface area contributed by atoms with Gasteiger partial charge in [-0.1, -0.05) is 0 Å². The van der Waals surface area contributed by atoms with Crippen molar-refractivity contribution >= 4 is 11.9 Å². The van der Waals surface area contributed by atoms with Crippen LogP contribution in [0.3, 0.4) is 0 Å². The second kappa shape index (κ2) is 1.98. The van der Waals surface area contributed by atoms with E-state index in [2.05, 4.69) is 16.0 Å². The summed E-state index contributed by atoms with van der Waals surface area (Å²) in [5, 5.41) is 7.59. The topological polar surface area (TPSA) is 70.2 Å². The first-order chi connectivity index (χ1) is 5.27. The first kappa shape index (κ1) is 6.21. The van der Waals surface area contributed by atoms with Gasteiger partial charge in [-0.2, -0.15) is 0 Å². The number of hydrogen-bond acceptors (Lipinski definition) is 2. The molecule has 0 aromatic carbocycles. The molecule has 0 radical (unpaired) electrons. The average molecular weight is 153 g/mol. The van der Waals surface area contributed by atoms with Gasteiger partial charge in [-0.25, -0.2) is 4.79 Å². The molecule has 1 atom stereocenters. The lowest BCUT2D eigenvalue weighted by Gasteiger charge is -2.19. The fourth-order valence-corrected chi connectivity index (χ4v) is 1.19. The smallest absolute Gasteiger partial charge is 0.319 e. The molecule has 0 aromatic heterocycles. The van der Waals surface area contributed by atoms with Gasteiger partial charge < -0.3 is 16.0 Å². The summed E-state index contributed by atoms with van der Waals surface area (Å²) < 4.78 is 0. The van der Waals surface area contributed by atoms with E-state index >= 15 is 0 Å². The molecular formula is C6H7N3O2. The van der Waals surface area contributed by atoms with Crippen LogP contribution in [0.5, 0.6) is 0 Å². The van der Waals surface area contributed by atoms with E-state index in [1.54, 1.807) is 0 Å². The molecule has 2 heterocycles. The predicted molar refractivity (Wildman–Crippen MR) is 36.3 cm³/mol. The van der Waals surface area contributed by atoms with Crippen LogP contribution < -0.4 is 16.0 Å². The van der Waals surface area contributed by atoms with Crippen molar-refractivity contribution in [2.45, 2.75) is 0 Å². The molecule has 58 valence electrons. The second-order valence-electron chi connectivity index (χ2n) is 2.50. The zero-order valence-corrected chi connectivity index (χ0v) is 5.68. The molecule has 1 saturated heterocycles. The molecular weight excluding hydrogens is 146 g/mol. The molecule has 0 aliphatic carbocycles. The third-order valence-corrected chi connectivity index (χ3v) is 1.79. The lowest BCUT2D eigenvalue weighted by Crippen LogP contribution is -2.47. The van der Waals surface area contributed by atoms with E-state index in [0.717, 1.165) is 0 Å². The van der Waals surface area contributed by atoms with Gasteiger partial charge in [0.25, 0.3) is 0 Å². The fourth-order valence-electron chi connectivity index (χ4n) is 1.19. The Hall–Kier alpha value is -1.52. The van der Waals surface area contributed by atoms with Crippen LogP contribution in [0, 0.1) is 5.92 Å². The molecule has 0 saturated carbocycles. The third-order valence-electron chi connectivity index (χ3n) is 1.79. The molecule has 1 fully saturated rings. The molecule has 2 aliphatic rings. The summed E-state index contributed by atoms with van der Waals surface area (Å²) in [6.07, 6.45) is 1.53. The number of hydrogen-bond donors (Lipinski definition) is 3. The van der Waals surface area contributed by atoms with Crippen molar-refractivity contribution in [2.24, 2.45) is 5.92 Å². The molecule has 5 heteroatoms. The van der Waals surface area contributed by atoms with Crippen molar-refractivity contribution in [3.8, 4) is 0 Å². The lowest BCUT2D eigenvalue weighted by atomic mass is 10.1. The van der Waals surface area contributed by atoms with E-state index in [-0.39, 0.29) is 17.9 Å². The number of carbonyl (C=O) groups is 2. The number of fused-ring (bicyclic) bond motifs is 1. The molecule has 3 N–H and O–H groups in total. The summed E-state index contributed by atoms with van der Waals surface area (Å²) in [6, 6.07) is -0.246. The Balaban J connectivity index is 2.21. The Bertz CT molecular complexity index is 259. The molecule has 2 aliphatic heterocycles. The predicted octanol–water partition coefficient (Wildman–Crippen LogP) is -1.11. The largest absolute Gasteiger partial charge is 0.337 e. The van der Waals surface area contributed by atoms with E-state index < -0.39 is 0 Å². The van der Waals surface area contributed by atoms with Crippen LogP contribution in [0.1, 0.15) is 0 Å². The first-order valence-corrected chi connectivity index (χ1v) is 3.32. The lowest BCUT2D eigenvalue weighted by molar-refractivity contribution is -0.121. The van der Waals surface area contributed by atoms with Crippen molar-refractivity contribution in [3.63, 3.8) is 0 Å². The maximum Gasteiger partial charge on any atom is 0.319 e. The Morgan fingerprint density at radius 1 is 1.45 bits per heavy atom. The van der Waals surface area contributed by atoms with Gasteiger partial charge in [0.1, 0.15) is 0 Å². The molecule has 2 rings (SSSR count). The van der Waals surface area contributed by atoms with Crippen LogP contribution in [0.15, 0.2) is 11.9 Å². The molecule has 0 spiro atoms. The van der Waals surface area contributed by atoms with Crippen molar-refractivity contribution in [1.29, 1.82) is 0 Å². The van der Waals surface area contributed by atoms with E-state index in [1.165, 1.54) is 6.20 Å². The standard InChI is InChI=1S/C6H7N3O2/c10-5-3-1-8-6(11)9-4(3)2-7-5/h2-3H,1H2,(H,7,10)(H2,8,9,11). The minimum absolute atomic E-state index is 0.0625. The van der Waals surface area contributed by atoms with E-state index in [9.17, 15) is 9.59 Å². The second-order valence-corrected chi connectivity index (χ2v) is 2.50. The molecule has 3 amide bonds. The maximum absolute atomic E-state index is 11.0. The molecule has 0 aromatic rings. The van der Waals surface area contributed by atoms with E-state index in [4.69, 9.17) is 0 Å². The number of nitrogens with one attached hydrogen (secondary N) is 3. The Labute approximate surface area is 62.8 Å². The molecule has 11 heavy (non-hydrogen) atoms. The van der Waals surface area contributed by atoms with E-state index in [1.807, 2.05) is 0 Å². The molecule has 1 unspecified atom stereocenters. The van der Waals surface area contributed by atoms with Crippen LogP contribution in [-0.4, -0.2) is 18.5 Å². The minimum atomic E-state index is -0.246.